The van der Waals surface area contributed by atoms with Gasteiger partial charge in [0, 0.05) is 20.7 Å². The number of nitrogens with zero attached hydrogens (tertiary/aromatic N) is 2. The van der Waals surface area contributed by atoms with Crippen molar-refractivity contribution in [2.75, 3.05) is 11.1 Å². The van der Waals surface area contributed by atoms with Gasteiger partial charge in [-0.3, -0.25) is 0 Å². The summed E-state index contributed by atoms with van der Waals surface area (Å²) in [6, 6.07) is 9.84. The van der Waals surface area contributed by atoms with Crippen molar-refractivity contribution in [3.05, 3.63) is 39.7 Å². The van der Waals surface area contributed by atoms with Crippen molar-refractivity contribution in [2.45, 2.75) is 26.2 Å². The maximum atomic E-state index is 5.84. The van der Waals surface area contributed by atoms with Gasteiger partial charge in [-0.25, -0.2) is 9.97 Å². The molecule has 3 N–H and O–H groups in total. The average Bonchev–Trinajstić information content (AvgIpc) is 2.30. The highest BCUT2D eigenvalue weighted by molar-refractivity contribution is 14.1. The molecular formula is C14H17IN4. The van der Waals surface area contributed by atoms with Gasteiger partial charge in [0.2, 0.25) is 0 Å². The van der Waals surface area contributed by atoms with E-state index >= 15 is 0 Å². The first kappa shape index (κ1) is 14.0. The molecule has 1 aromatic heterocycles. The summed E-state index contributed by atoms with van der Waals surface area (Å²) in [5, 5.41) is 3.25. The van der Waals surface area contributed by atoms with E-state index in [0.29, 0.717) is 5.82 Å². The van der Waals surface area contributed by atoms with E-state index in [4.69, 9.17) is 5.73 Å². The summed E-state index contributed by atoms with van der Waals surface area (Å²) in [6.07, 6.45) is 0. The van der Waals surface area contributed by atoms with Crippen molar-refractivity contribution in [1.82, 2.24) is 9.97 Å². The van der Waals surface area contributed by atoms with Gasteiger partial charge in [0.25, 0.3) is 0 Å². The Hall–Kier alpha value is -1.37. The van der Waals surface area contributed by atoms with Gasteiger partial charge < -0.3 is 11.1 Å². The fourth-order valence-corrected chi connectivity index (χ4v) is 1.91. The number of nitrogens with one attached hydrogen (secondary N) is 1. The van der Waals surface area contributed by atoms with Crippen LogP contribution in [-0.4, -0.2) is 9.97 Å². The molecular weight excluding hydrogens is 351 g/mol. The summed E-state index contributed by atoms with van der Waals surface area (Å²) in [5.41, 5.74) is 6.70. The summed E-state index contributed by atoms with van der Waals surface area (Å²) in [4.78, 5) is 8.80. The number of nitrogen functional groups attached to an aromatic ring is 1. The van der Waals surface area contributed by atoms with Crippen LogP contribution < -0.4 is 11.1 Å². The number of rotatable bonds is 2. The SMILES string of the molecule is CC(C)(C)c1nc(N)cc(Nc2ccc(I)cc2)n1. The largest absolute Gasteiger partial charge is 0.384 e. The van der Waals surface area contributed by atoms with Crippen LogP contribution in [0.25, 0.3) is 0 Å². The Morgan fingerprint density at radius 1 is 1.11 bits per heavy atom. The lowest BCUT2D eigenvalue weighted by atomic mass is 9.96. The standard InChI is InChI=1S/C14H17IN4/c1-14(2,3)13-18-11(16)8-12(19-13)17-10-6-4-9(15)5-7-10/h4-8H,1-3H3,(H3,16,17,18,19). The molecule has 19 heavy (non-hydrogen) atoms. The van der Waals surface area contributed by atoms with Gasteiger partial charge in [0.15, 0.2) is 0 Å². The Kier molecular flexibility index (Phi) is 3.93. The molecule has 0 unspecified atom stereocenters. The Balaban J connectivity index is 2.30. The monoisotopic (exact) mass is 368 g/mol. The summed E-state index contributed by atoms with van der Waals surface area (Å²) < 4.78 is 1.20. The molecule has 0 fully saturated rings. The van der Waals surface area contributed by atoms with Crippen molar-refractivity contribution >= 4 is 39.9 Å². The quantitative estimate of drug-likeness (QED) is 0.794. The highest BCUT2D eigenvalue weighted by atomic mass is 127. The molecule has 0 aliphatic rings. The van der Waals surface area contributed by atoms with E-state index in [1.165, 1.54) is 3.57 Å². The van der Waals surface area contributed by atoms with E-state index in [1.54, 1.807) is 6.07 Å². The van der Waals surface area contributed by atoms with Gasteiger partial charge in [0.05, 0.1) is 0 Å². The minimum absolute atomic E-state index is 0.127. The predicted molar refractivity (Wildman–Crippen MR) is 87.6 cm³/mol. The van der Waals surface area contributed by atoms with Crippen LogP contribution in [0.4, 0.5) is 17.3 Å². The topological polar surface area (TPSA) is 63.8 Å². The van der Waals surface area contributed by atoms with Crippen molar-refractivity contribution in [2.24, 2.45) is 0 Å². The van der Waals surface area contributed by atoms with Crippen molar-refractivity contribution in [3.63, 3.8) is 0 Å². The van der Waals surface area contributed by atoms with E-state index in [0.717, 1.165) is 17.3 Å². The summed E-state index contributed by atoms with van der Waals surface area (Å²) in [7, 11) is 0. The van der Waals surface area contributed by atoms with E-state index < -0.39 is 0 Å². The van der Waals surface area contributed by atoms with Gasteiger partial charge >= 0.3 is 0 Å². The zero-order valence-corrected chi connectivity index (χ0v) is 13.4. The molecule has 0 amide bonds. The Bertz CT molecular complexity index is 573. The second-order valence-electron chi connectivity index (χ2n) is 5.38. The molecule has 0 atom stereocenters. The molecule has 0 spiro atoms. The van der Waals surface area contributed by atoms with Crippen LogP contribution in [0.3, 0.4) is 0 Å². The number of benzene rings is 1. The van der Waals surface area contributed by atoms with E-state index in [2.05, 4.69) is 58.6 Å². The predicted octanol–water partition coefficient (Wildman–Crippen LogP) is 3.70. The van der Waals surface area contributed by atoms with Crippen LogP contribution in [0.15, 0.2) is 30.3 Å². The molecule has 0 radical (unpaired) electrons. The van der Waals surface area contributed by atoms with Gasteiger partial charge in [-0.15, -0.1) is 0 Å². The average molecular weight is 368 g/mol. The van der Waals surface area contributed by atoms with E-state index in [-0.39, 0.29) is 5.41 Å². The molecule has 2 aromatic rings. The van der Waals surface area contributed by atoms with E-state index in [9.17, 15) is 0 Å². The third-order valence-electron chi connectivity index (χ3n) is 2.53. The molecule has 0 aliphatic carbocycles. The van der Waals surface area contributed by atoms with Crippen LogP contribution in [-0.2, 0) is 5.41 Å². The van der Waals surface area contributed by atoms with Gasteiger partial charge in [-0.05, 0) is 46.9 Å². The Morgan fingerprint density at radius 3 is 2.32 bits per heavy atom. The van der Waals surface area contributed by atoms with Crippen LogP contribution in [0, 0.1) is 3.57 Å². The fraction of sp³-hybridized carbons (Fsp3) is 0.286. The second kappa shape index (κ2) is 5.32. The summed E-state index contributed by atoms with van der Waals surface area (Å²) in [5.74, 6) is 1.94. The van der Waals surface area contributed by atoms with Gasteiger partial charge in [-0.1, -0.05) is 20.8 Å². The molecule has 0 bridgehead atoms. The summed E-state index contributed by atoms with van der Waals surface area (Å²) >= 11 is 2.28. The third-order valence-corrected chi connectivity index (χ3v) is 3.25. The van der Waals surface area contributed by atoms with Crippen molar-refractivity contribution in [1.29, 1.82) is 0 Å². The molecule has 4 nitrogen and oxygen atoms in total. The highest BCUT2D eigenvalue weighted by Gasteiger charge is 2.18. The number of nitrogens with two attached hydrogens (primary N) is 1. The van der Waals surface area contributed by atoms with Crippen molar-refractivity contribution in [3.8, 4) is 0 Å². The van der Waals surface area contributed by atoms with Gasteiger partial charge in [0.1, 0.15) is 17.5 Å². The first-order valence-corrected chi connectivity index (χ1v) is 7.10. The van der Waals surface area contributed by atoms with Crippen LogP contribution in [0.5, 0.6) is 0 Å². The summed E-state index contributed by atoms with van der Waals surface area (Å²) in [6.45, 7) is 6.20. The Labute approximate surface area is 127 Å². The van der Waals surface area contributed by atoms with E-state index in [1.807, 2.05) is 24.3 Å². The lowest BCUT2D eigenvalue weighted by molar-refractivity contribution is 0.547. The Morgan fingerprint density at radius 2 is 1.74 bits per heavy atom. The molecule has 0 saturated heterocycles. The number of anilines is 3. The smallest absolute Gasteiger partial charge is 0.138 e. The van der Waals surface area contributed by atoms with Crippen LogP contribution >= 0.6 is 22.6 Å². The highest BCUT2D eigenvalue weighted by Crippen LogP contribution is 2.23. The molecule has 5 heteroatoms. The second-order valence-corrected chi connectivity index (χ2v) is 6.63. The molecule has 0 saturated carbocycles. The van der Waals surface area contributed by atoms with Crippen LogP contribution in [0.2, 0.25) is 0 Å². The molecule has 0 aliphatic heterocycles. The van der Waals surface area contributed by atoms with Crippen molar-refractivity contribution < 1.29 is 0 Å². The lowest BCUT2D eigenvalue weighted by Gasteiger charge is -2.18. The number of hydrogen-bond donors (Lipinski definition) is 2. The first-order chi connectivity index (χ1) is 8.84. The fourth-order valence-electron chi connectivity index (χ4n) is 1.55. The maximum absolute atomic E-state index is 5.84. The zero-order valence-electron chi connectivity index (χ0n) is 11.2. The minimum atomic E-state index is -0.127. The number of hydrogen-bond acceptors (Lipinski definition) is 4. The van der Waals surface area contributed by atoms with Crippen LogP contribution in [0.1, 0.15) is 26.6 Å². The molecule has 1 heterocycles. The third kappa shape index (κ3) is 3.79. The number of halogens is 1. The molecule has 2 rings (SSSR count). The lowest BCUT2D eigenvalue weighted by Crippen LogP contribution is -2.17. The molecule has 1 aromatic carbocycles. The maximum Gasteiger partial charge on any atom is 0.138 e. The molecule has 100 valence electrons. The first-order valence-electron chi connectivity index (χ1n) is 6.02. The minimum Gasteiger partial charge on any atom is -0.384 e. The van der Waals surface area contributed by atoms with Gasteiger partial charge in [-0.2, -0.15) is 0 Å². The normalized spacial score (nSPS) is 11.4. The number of aromatic nitrogens is 2. The zero-order chi connectivity index (χ0) is 14.0.